The molecule has 6 fully saturated rings. The summed E-state index contributed by atoms with van der Waals surface area (Å²) in [6.07, 6.45) is 5.68. The Labute approximate surface area is 210 Å². The van der Waals surface area contributed by atoms with E-state index in [2.05, 4.69) is 25.7 Å². The zero-order valence-electron chi connectivity index (χ0n) is 20.5. The summed E-state index contributed by atoms with van der Waals surface area (Å²) in [5.74, 6) is -3.58. The van der Waals surface area contributed by atoms with Crippen LogP contribution in [0.4, 0.5) is 5.13 Å². The molecule has 8 heteroatoms. The maximum Gasteiger partial charge on any atom is 0.208 e. The summed E-state index contributed by atoms with van der Waals surface area (Å²) in [5.41, 5.74) is -1.44. The Kier molecular flexibility index (Phi) is 4.54. The number of ketones is 1. The van der Waals surface area contributed by atoms with Crippen LogP contribution in [0.15, 0.2) is 12.2 Å². The van der Waals surface area contributed by atoms with Crippen LogP contribution in [-0.4, -0.2) is 56.7 Å². The summed E-state index contributed by atoms with van der Waals surface area (Å²) in [4.78, 5) is 20.2. The van der Waals surface area contributed by atoms with Gasteiger partial charge in [-0.25, -0.2) is 4.98 Å². The van der Waals surface area contributed by atoms with Gasteiger partial charge in [0, 0.05) is 28.2 Å². The lowest BCUT2D eigenvalue weighted by Crippen LogP contribution is -2.85. The van der Waals surface area contributed by atoms with Crippen molar-refractivity contribution in [2.24, 2.45) is 28.6 Å². The molecule has 0 amide bonds. The lowest BCUT2D eigenvalue weighted by molar-refractivity contribution is -0.429. The maximum absolute atomic E-state index is 13.9. The van der Waals surface area contributed by atoms with Crippen molar-refractivity contribution in [3.05, 3.63) is 22.7 Å². The number of aliphatic hydroxyl groups is 3. The first-order valence-electron chi connectivity index (χ1n) is 13.3. The Balaban J connectivity index is 1.42. The third-order valence-electron chi connectivity index (χ3n) is 10.8. The van der Waals surface area contributed by atoms with E-state index in [0.29, 0.717) is 24.5 Å². The van der Waals surface area contributed by atoms with Crippen molar-refractivity contribution in [3.63, 3.8) is 0 Å². The van der Waals surface area contributed by atoms with Crippen molar-refractivity contribution in [2.75, 3.05) is 11.9 Å². The smallest absolute Gasteiger partial charge is 0.208 e. The molecule has 4 bridgehead atoms. The highest BCUT2D eigenvalue weighted by Crippen LogP contribution is 2.75. The van der Waals surface area contributed by atoms with E-state index in [1.807, 2.05) is 0 Å². The molecule has 1 unspecified atom stereocenters. The van der Waals surface area contributed by atoms with E-state index in [9.17, 15) is 20.1 Å². The summed E-state index contributed by atoms with van der Waals surface area (Å²) in [7, 11) is 0. The minimum atomic E-state index is -2.13. The van der Waals surface area contributed by atoms with Gasteiger partial charge in [-0.3, -0.25) is 4.79 Å². The number of anilines is 1. The molecule has 8 atom stereocenters. The average molecular weight is 501 g/mol. The van der Waals surface area contributed by atoms with Crippen LogP contribution in [0, 0.1) is 28.6 Å². The van der Waals surface area contributed by atoms with Crippen molar-refractivity contribution in [2.45, 2.75) is 94.7 Å². The molecule has 35 heavy (non-hydrogen) atoms. The molecule has 5 aliphatic carbocycles. The van der Waals surface area contributed by atoms with Crippen LogP contribution in [0.2, 0.25) is 0 Å². The molecule has 3 heterocycles. The number of aliphatic hydroxyl groups excluding tert-OH is 2. The van der Waals surface area contributed by atoms with E-state index in [-0.39, 0.29) is 29.6 Å². The molecule has 2 saturated heterocycles. The number of thiazole rings is 1. The van der Waals surface area contributed by atoms with Crippen LogP contribution in [0.3, 0.4) is 0 Å². The van der Waals surface area contributed by atoms with Gasteiger partial charge in [-0.1, -0.05) is 39.7 Å². The highest BCUT2D eigenvalue weighted by molar-refractivity contribution is 7.15. The molecule has 0 aromatic carbocycles. The monoisotopic (exact) mass is 500 g/mol. The first-order chi connectivity index (χ1) is 16.6. The lowest BCUT2D eigenvalue weighted by atomic mass is 9.36. The first-order valence-corrected chi connectivity index (χ1v) is 14.1. The van der Waals surface area contributed by atoms with Gasteiger partial charge in [-0.15, -0.1) is 11.3 Å². The third kappa shape index (κ3) is 2.42. The van der Waals surface area contributed by atoms with Gasteiger partial charge in [0.1, 0.15) is 11.5 Å². The van der Waals surface area contributed by atoms with Crippen LogP contribution < -0.4 is 5.32 Å². The van der Waals surface area contributed by atoms with Crippen molar-refractivity contribution >= 4 is 22.3 Å². The molecule has 7 nitrogen and oxygen atoms in total. The second-order valence-corrected chi connectivity index (χ2v) is 13.9. The average Bonchev–Trinajstić information content (AvgIpc) is 3.24. The zero-order valence-corrected chi connectivity index (χ0v) is 21.4. The van der Waals surface area contributed by atoms with Crippen molar-refractivity contribution in [3.8, 4) is 0 Å². The molecular formula is C27H36N2O5S. The number of fused-ring (bicyclic) bond motifs is 3. The van der Waals surface area contributed by atoms with Crippen LogP contribution >= 0.6 is 11.3 Å². The first kappa shape index (κ1) is 22.8. The predicted octanol–water partition coefficient (Wildman–Crippen LogP) is 2.93. The van der Waals surface area contributed by atoms with Gasteiger partial charge in [-0.2, -0.15) is 0 Å². The number of aromatic nitrogens is 1. The van der Waals surface area contributed by atoms with E-state index in [0.717, 1.165) is 30.1 Å². The SMILES string of the molecule is C=C1C(=O)[C@]23[C@H](O)[C@H]1CC[C@H]2[C@@]12COC3(O)[C@@H](O)[C@@H]1C(C)(C)Cc1sc(NC3CCCCC3)nc12. The Morgan fingerprint density at radius 3 is 2.60 bits per heavy atom. The third-order valence-corrected chi connectivity index (χ3v) is 11.8. The zero-order chi connectivity index (χ0) is 24.5. The minimum Gasteiger partial charge on any atom is -0.391 e. The summed E-state index contributed by atoms with van der Waals surface area (Å²) < 4.78 is 6.15. The summed E-state index contributed by atoms with van der Waals surface area (Å²) in [6, 6.07) is 0.422. The van der Waals surface area contributed by atoms with Gasteiger partial charge >= 0.3 is 0 Å². The molecule has 190 valence electrons. The van der Waals surface area contributed by atoms with Gasteiger partial charge in [0.05, 0.1) is 18.4 Å². The second-order valence-electron chi connectivity index (χ2n) is 12.8. The molecular weight excluding hydrogens is 464 g/mol. The predicted molar refractivity (Wildman–Crippen MR) is 131 cm³/mol. The Hall–Kier alpha value is -1.32. The Bertz CT molecular complexity index is 1130. The normalized spacial score (nSPS) is 47.9. The lowest BCUT2D eigenvalue weighted by Gasteiger charge is -2.73. The fraction of sp³-hybridized carbons (Fsp3) is 0.778. The molecule has 2 spiro atoms. The topological polar surface area (TPSA) is 112 Å². The molecule has 4 saturated carbocycles. The number of carbonyl (C=O) groups is 1. The molecule has 1 aromatic rings. The van der Waals surface area contributed by atoms with Gasteiger partial charge in [0.15, 0.2) is 10.9 Å². The molecule has 2 aliphatic heterocycles. The van der Waals surface area contributed by atoms with Crippen LogP contribution in [-0.2, 0) is 21.4 Å². The van der Waals surface area contributed by atoms with E-state index in [1.165, 1.54) is 24.1 Å². The maximum atomic E-state index is 13.9. The van der Waals surface area contributed by atoms with E-state index < -0.39 is 34.7 Å². The molecule has 4 N–H and O–H groups in total. The van der Waals surface area contributed by atoms with Crippen molar-refractivity contribution in [1.82, 2.24) is 4.98 Å². The van der Waals surface area contributed by atoms with Crippen molar-refractivity contribution in [1.29, 1.82) is 0 Å². The van der Waals surface area contributed by atoms with E-state index in [4.69, 9.17) is 9.72 Å². The summed E-state index contributed by atoms with van der Waals surface area (Å²) in [5, 5.41) is 40.0. The number of carbonyl (C=O) groups excluding carboxylic acids is 1. The molecule has 1 aromatic heterocycles. The van der Waals surface area contributed by atoms with Gasteiger partial charge < -0.3 is 25.4 Å². The summed E-state index contributed by atoms with van der Waals surface area (Å²) in [6.45, 7) is 8.50. The standard InChI is InChI=1S/C27H36N2O5S/c1-13-15-9-10-17-25-12-34-27(33,26(17,20(13)30)21(15)31)22(32)18(25)24(2,3)11-16-19(25)29-23(35-16)28-14-7-5-4-6-8-14/h14-15,17-18,21-22,31-33H,1,4-12H2,2-3H3,(H,28,29)/t15-,17-,18+,21+,22-,25-,26-,27?/m0/s1. The number of nitrogens with one attached hydrogen (secondary N) is 1. The number of hydrogen-bond acceptors (Lipinski definition) is 8. The fourth-order valence-corrected chi connectivity index (χ4v) is 10.9. The van der Waals surface area contributed by atoms with Gasteiger partial charge in [0.25, 0.3) is 0 Å². The number of rotatable bonds is 2. The van der Waals surface area contributed by atoms with Gasteiger partial charge in [0.2, 0.25) is 5.79 Å². The number of Topliss-reactive ketones (excluding diaryl/α,β-unsaturated/α-hetero) is 1. The number of hydrogen-bond donors (Lipinski definition) is 4. The number of ether oxygens (including phenoxy) is 1. The highest BCUT2D eigenvalue weighted by Gasteiger charge is 2.86. The van der Waals surface area contributed by atoms with Crippen LogP contribution in [0.25, 0.3) is 0 Å². The van der Waals surface area contributed by atoms with Crippen molar-refractivity contribution < 1.29 is 24.9 Å². The van der Waals surface area contributed by atoms with Crippen LogP contribution in [0.1, 0.15) is 69.4 Å². The quantitative estimate of drug-likeness (QED) is 0.462. The number of nitrogens with zero attached hydrogens (tertiary/aromatic N) is 1. The largest absolute Gasteiger partial charge is 0.391 e. The summed E-state index contributed by atoms with van der Waals surface area (Å²) >= 11 is 1.69. The molecule has 0 radical (unpaired) electrons. The van der Waals surface area contributed by atoms with E-state index >= 15 is 0 Å². The van der Waals surface area contributed by atoms with Crippen LogP contribution in [0.5, 0.6) is 0 Å². The highest BCUT2D eigenvalue weighted by atomic mass is 32.1. The molecule has 8 rings (SSSR count). The Morgan fingerprint density at radius 2 is 1.86 bits per heavy atom. The second kappa shape index (κ2) is 6.95. The minimum absolute atomic E-state index is 0.192. The molecule has 7 aliphatic rings. The van der Waals surface area contributed by atoms with Gasteiger partial charge in [-0.05, 0) is 49.0 Å². The fourth-order valence-electron chi connectivity index (χ4n) is 9.58. The van der Waals surface area contributed by atoms with E-state index in [1.54, 1.807) is 11.3 Å². The Morgan fingerprint density at radius 1 is 1.11 bits per heavy atom.